The lowest BCUT2D eigenvalue weighted by atomic mass is 10.5. The van der Waals surface area contributed by atoms with E-state index in [0.29, 0.717) is 19.4 Å². The quantitative estimate of drug-likeness (QED) is 0.245. The fourth-order valence-corrected chi connectivity index (χ4v) is 3.16. The summed E-state index contributed by atoms with van der Waals surface area (Å²) in [5, 5.41) is 0. The van der Waals surface area contributed by atoms with Gasteiger partial charge in [-0.1, -0.05) is 13.8 Å². The van der Waals surface area contributed by atoms with Crippen LogP contribution in [0.3, 0.4) is 0 Å². The Morgan fingerprint density at radius 1 is 0.826 bits per heavy atom. The van der Waals surface area contributed by atoms with E-state index in [1.807, 2.05) is 6.92 Å². The van der Waals surface area contributed by atoms with E-state index in [0.717, 1.165) is 0 Å². The first-order valence-corrected chi connectivity index (χ1v) is 12.6. The van der Waals surface area contributed by atoms with E-state index in [-0.39, 0.29) is 25.8 Å². The fraction of sp³-hybridized carbons (Fsp3) is 1.00. The molecule has 1 unspecified atom stereocenters. The third-order valence-electron chi connectivity index (χ3n) is 1.77. The predicted octanol–water partition coefficient (Wildman–Crippen LogP) is 1.72. The molecule has 0 aromatic carbocycles. The standard InChI is InChI=1S/C6H16O6P2S.C3H9O4P/c1-2-4-11-14(10,15)12-5-3-6-13(7,8)9;1-2-3-7-8(4,5)6/h2-6H2,1H3,(H,10,15)(H2,7,8,9);2-3H2,1H3,(H2,4,5,6). The summed E-state index contributed by atoms with van der Waals surface area (Å²) in [6.45, 7) is 0.843. The minimum absolute atomic E-state index is 0.0113. The molecule has 23 heavy (non-hydrogen) atoms. The van der Waals surface area contributed by atoms with Crippen molar-refractivity contribution in [3.05, 3.63) is 0 Å². The van der Waals surface area contributed by atoms with Gasteiger partial charge in [0.15, 0.2) is 0 Å². The molecule has 0 fully saturated rings. The van der Waals surface area contributed by atoms with Crippen molar-refractivity contribution in [2.45, 2.75) is 33.1 Å². The van der Waals surface area contributed by atoms with Crippen molar-refractivity contribution >= 4 is 33.9 Å². The molecule has 142 valence electrons. The lowest BCUT2D eigenvalue weighted by Gasteiger charge is -2.15. The SMILES string of the molecule is CCCOP(=O)(O)O.CCCOP(O)(=S)OCCCP(=O)(O)O. The summed E-state index contributed by atoms with van der Waals surface area (Å²) in [5.41, 5.74) is 0. The van der Waals surface area contributed by atoms with Crippen molar-refractivity contribution in [1.29, 1.82) is 0 Å². The summed E-state index contributed by atoms with van der Waals surface area (Å²) in [5.74, 6) is 0. The first kappa shape index (κ1) is 26.0. The summed E-state index contributed by atoms with van der Waals surface area (Å²) in [4.78, 5) is 42.5. The Kier molecular flexibility index (Phi) is 14.8. The van der Waals surface area contributed by atoms with Crippen LogP contribution in [0.4, 0.5) is 0 Å². The van der Waals surface area contributed by atoms with E-state index in [4.69, 9.17) is 28.6 Å². The van der Waals surface area contributed by atoms with Gasteiger partial charge in [-0.25, -0.2) is 4.57 Å². The summed E-state index contributed by atoms with van der Waals surface area (Å²) in [7, 11) is -8.18. The van der Waals surface area contributed by atoms with Gasteiger partial charge >= 0.3 is 22.1 Å². The molecule has 0 aliphatic rings. The first-order valence-electron chi connectivity index (χ1n) is 6.69. The average Bonchev–Trinajstić information content (AvgIpc) is 2.38. The minimum atomic E-state index is -4.18. The molecule has 0 spiro atoms. The van der Waals surface area contributed by atoms with Crippen molar-refractivity contribution < 1.29 is 47.2 Å². The molecule has 0 saturated carbocycles. The van der Waals surface area contributed by atoms with Crippen LogP contribution in [0.15, 0.2) is 0 Å². The van der Waals surface area contributed by atoms with Crippen LogP contribution < -0.4 is 0 Å². The highest BCUT2D eigenvalue weighted by Gasteiger charge is 2.16. The van der Waals surface area contributed by atoms with Gasteiger partial charge in [-0.3, -0.25) is 9.09 Å². The van der Waals surface area contributed by atoms with E-state index in [1.54, 1.807) is 6.92 Å². The Balaban J connectivity index is 0. The average molecular weight is 418 g/mol. The topological polar surface area (TPSA) is 163 Å². The highest BCUT2D eigenvalue weighted by Crippen LogP contribution is 2.44. The summed E-state index contributed by atoms with van der Waals surface area (Å²) < 4.78 is 34.1. The summed E-state index contributed by atoms with van der Waals surface area (Å²) in [6, 6.07) is 0. The van der Waals surface area contributed by atoms with Crippen LogP contribution in [0.5, 0.6) is 0 Å². The van der Waals surface area contributed by atoms with Crippen LogP contribution in [0.25, 0.3) is 0 Å². The molecule has 0 aliphatic heterocycles. The van der Waals surface area contributed by atoms with Crippen molar-refractivity contribution in [2.75, 3.05) is 26.0 Å². The molecule has 0 aromatic rings. The molecule has 5 N–H and O–H groups in total. The molecule has 14 heteroatoms. The minimum Gasteiger partial charge on any atom is -0.324 e. The molecule has 0 amide bonds. The van der Waals surface area contributed by atoms with Gasteiger partial charge in [0.25, 0.3) is 0 Å². The van der Waals surface area contributed by atoms with E-state index in [9.17, 15) is 14.0 Å². The molecule has 0 saturated heterocycles. The van der Waals surface area contributed by atoms with Crippen molar-refractivity contribution in [3.8, 4) is 0 Å². The zero-order valence-corrected chi connectivity index (χ0v) is 16.5. The lowest BCUT2D eigenvalue weighted by molar-refractivity contribution is 0.196. The van der Waals surface area contributed by atoms with Crippen molar-refractivity contribution in [1.82, 2.24) is 0 Å². The van der Waals surface area contributed by atoms with Crippen LogP contribution in [0, 0.1) is 0 Å². The number of hydrogen-bond donors (Lipinski definition) is 5. The lowest BCUT2D eigenvalue weighted by Crippen LogP contribution is -2.00. The van der Waals surface area contributed by atoms with Crippen LogP contribution in [-0.4, -0.2) is 50.4 Å². The van der Waals surface area contributed by atoms with Gasteiger partial charge < -0.3 is 33.5 Å². The molecule has 0 aliphatic carbocycles. The van der Waals surface area contributed by atoms with Crippen molar-refractivity contribution in [3.63, 3.8) is 0 Å². The van der Waals surface area contributed by atoms with Crippen LogP contribution in [0.1, 0.15) is 33.1 Å². The van der Waals surface area contributed by atoms with E-state index < -0.39 is 22.1 Å². The van der Waals surface area contributed by atoms with Gasteiger partial charge in [-0.05, 0) is 31.1 Å². The maximum atomic E-state index is 10.5. The predicted molar refractivity (Wildman–Crippen MR) is 88.5 cm³/mol. The normalized spacial score (nSPS) is 14.7. The molecule has 0 radical (unpaired) electrons. The number of phosphoric acid groups is 1. The van der Waals surface area contributed by atoms with Gasteiger partial charge in [-0.2, -0.15) is 0 Å². The maximum absolute atomic E-state index is 10.5. The first-order chi connectivity index (χ1) is 10.3. The zero-order valence-electron chi connectivity index (χ0n) is 13.0. The van der Waals surface area contributed by atoms with Gasteiger partial charge in [-0.15, -0.1) is 0 Å². The maximum Gasteiger partial charge on any atom is 0.469 e. The van der Waals surface area contributed by atoms with Gasteiger partial charge in [0, 0.05) is 0 Å². The second kappa shape index (κ2) is 13.1. The molecule has 10 nitrogen and oxygen atoms in total. The van der Waals surface area contributed by atoms with Crippen LogP contribution in [-0.2, 0) is 34.5 Å². The zero-order chi connectivity index (χ0) is 18.6. The number of phosphoric ester groups is 1. The van der Waals surface area contributed by atoms with Gasteiger partial charge in [0.05, 0.1) is 26.0 Å². The monoisotopic (exact) mass is 418 g/mol. The van der Waals surface area contributed by atoms with E-state index in [1.165, 1.54) is 0 Å². The molecular weight excluding hydrogens is 393 g/mol. The second-order valence-electron chi connectivity index (χ2n) is 4.20. The Hall–Kier alpha value is 0.790. The number of hydrogen-bond acceptors (Lipinski definition) is 6. The Morgan fingerprint density at radius 2 is 1.26 bits per heavy atom. The van der Waals surface area contributed by atoms with Crippen molar-refractivity contribution in [2.24, 2.45) is 0 Å². The summed E-state index contributed by atoms with van der Waals surface area (Å²) >= 11 is 4.64. The molecule has 0 bridgehead atoms. The van der Waals surface area contributed by atoms with Gasteiger partial charge in [0.2, 0.25) is 0 Å². The molecule has 0 aromatic heterocycles. The summed E-state index contributed by atoms with van der Waals surface area (Å²) in [6.07, 6.45) is 1.19. The Labute approximate surface area is 140 Å². The number of rotatable bonds is 11. The fourth-order valence-electron chi connectivity index (χ4n) is 0.905. The van der Waals surface area contributed by atoms with E-state index >= 15 is 0 Å². The second-order valence-corrected chi connectivity index (χ2v) is 10.1. The Morgan fingerprint density at radius 3 is 1.61 bits per heavy atom. The molecular formula is C9H25O10P3S. The van der Waals surface area contributed by atoms with Crippen LogP contribution >= 0.6 is 22.1 Å². The van der Waals surface area contributed by atoms with E-state index in [2.05, 4.69) is 16.3 Å². The highest BCUT2D eigenvalue weighted by molar-refractivity contribution is 8.07. The molecule has 0 rings (SSSR count). The third-order valence-corrected chi connectivity index (χ3v) is 4.84. The van der Waals surface area contributed by atoms with Crippen LogP contribution in [0.2, 0.25) is 0 Å². The smallest absolute Gasteiger partial charge is 0.324 e. The Bertz CT molecular complexity index is 433. The molecule has 0 heterocycles. The molecule has 1 atom stereocenters. The third kappa shape index (κ3) is 25.2. The largest absolute Gasteiger partial charge is 0.469 e. The van der Waals surface area contributed by atoms with Gasteiger partial charge in [0.1, 0.15) is 0 Å². The highest BCUT2D eigenvalue weighted by atomic mass is 32.5.